The van der Waals surface area contributed by atoms with Crippen LogP contribution in [-0.4, -0.2) is 42.8 Å². The number of hydrogen-bond donors (Lipinski definition) is 1. The highest BCUT2D eigenvalue weighted by molar-refractivity contribution is 6.16. The summed E-state index contributed by atoms with van der Waals surface area (Å²) in [5.41, 5.74) is 2.57. The van der Waals surface area contributed by atoms with Gasteiger partial charge in [-0.25, -0.2) is 4.79 Å². The Labute approximate surface area is 180 Å². The molecule has 160 valence electrons. The standard InChI is InChI=1S/C24H24N2O5/c1-15(27)25-13-19-14-26(24(30)31-19)18-10-11-20-17(12-18)8-5-9-21(23(20)29)22(28)16-6-3-2-4-7-16/h2-4,6-7,10-12,19,21H,5,8-9,13-14H2,1H3,(H,25,27)/t19-,21+/m0/s1. The normalized spacial score (nSPS) is 20.6. The third-order valence-corrected chi connectivity index (χ3v) is 5.75. The van der Waals surface area contributed by atoms with E-state index in [1.165, 1.54) is 11.8 Å². The fraction of sp³-hybridized carbons (Fsp3) is 0.333. The number of carbonyl (C=O) groups is 4. The first-order valence-electron chi connectivity index (χ1n) is 10.4. The maximum Gasteiger partial charge on any atom is 0.414 e. The van der Waals surface area contributed by atoms with Gasteiger partial charge in [0.1, 0.15) is 6.10 Å². The fourth-order valence-corrected chi connectivity index (χ4v) is 4.16. The van der Waals surface area contributed by atoms with Crippen molar-refractivity contribution in [3.8, 4) is 0 Å². The molecule has 31 heavy (non-hydrogen) atoms. The molecule has 2 atom stereocenters. The van der Waals surface area contributed by atoms with Gasteiger partial charge in [-0.3, -0.25) is 19.3 Å². The minimum atomic E-state index is -0.687. The monoisotopic (exact) mass is 420 g/mol. The molecule has 0 saturated carbocycles. The number of aryl methyl sites for hydroxylation is 1. The van der Waals surface area contributed by atoms with Crippen LogP contribution in [0.3, 0.4) is 0 Å². The average molecular weight is 420 g/mol. The quantitative estimate of drug-likeness (QED) is 0.456. The molecule has 0 aromatic heterocycles. The summed E-state index contributed by atoms with van der Waals surface area (Å²) in [4.78, 5) is 51.0. The molecule has 7 nitrogen and oxygen atoms in total. The lowest BCUT2D eigenvalue weighted by Crippen LogP contribution is -2.33. The first-order valence-corrected chi connectivity index (χ1v) is 10.4. The number of hydrogen-bond acceptors (Lipinski definition) is 5. The molecule has 1 fully saturated rings. The van der Waals surface area contributed by atoms with Crippen LogP contribution in [0.25, 0.3) is 0 Å². The molecule has 2 aliphatic rings. The number of ether oxygens (including phenoxy) is 1. The molecule has 1 aliphatic carbocycles. The van der Waals surface area contributed by atoms with Gasteiger partial charge >= 0.3 is 6.09 Å². The minimum absolute atomic E-state index is 0.147. The number of benzene rings is 2. The minimum Gasteiger partial charge on any atom is -0.442 e. The van der Waals surface area contributed by atoms with Crippen LogP contribution in [0.4, 0.5) is 10.5 Å². The summed E-state index contributed by atoms with van der Waals surface area (Å²) >= 11 is 0. The third-order valence-electron chi connectivity index (χ3n) is 5.75. The lowest BCUT2D eigenvalue weighted by Gasteiger charge is -2.16. The van der Waals surface area contributed by atoms with Crippen molar-refractivity contribution in [2.45, 2.75) is 32.3 Å². The Morgan fingerprint density at radius 2 is 1.90 bits per heavy atom. The third kappa shape index (κ3) is 4.35. The first kappa shape index (κ1) is 20.8. The van der Waals surface area contributed by atoms with E-state index >= 15 is 0 Å². The lowest BCUT2D eigenvalue weighted by atomic mass is 9.88. The molecule has 0 bridgehead atoms. The van der Waals surface area contributed by atoms with Gasteiger partial charge in [-0.2, -0.15) is 0 Å². The van der Waals surface area contributed by atoms with Crippen molar-refractivity contribution in [2.24, 2.45) is 5.92 Å². The van der Waals surface area contributed by atoms with Crippen LogP contribution in [0.2, 0.25) is 0 Å². The summed E-state index contributed by atoms with van der Waals surface area (Å²) in [7, 11) is 0. The number of anilines is 1. The highest BCUT2D eigenvalue weighted by atomic mass is 16.6. The van der Waals surface area contributed by atoms with E-state index in [-0.39, 0.29) is 24.0 Å². The molecule has 1 N–H and O–H groups in total. The Morgan fingerprint density at radius 1 is 1.13 bits per heavy atom. The van der Waals surface area contributed by atoms with Gasteiger partial charge in [0.2, 0.25) is 5.91 Å². The van der Waals surface area contributed by atoms with Crippen LogP contribution < -0.4 is 10.2 Å². The van der Waals surface area contributed by atoms with Crippen molar-refractivity contribution in [1.29, 1.82) is 0 Å². The molecule has 2 aromatic rings. The summed E-state index contributed by atoms with van der Waals surface area (Å²) in [5.74, 6) is -1.18. The number of Topliss-reactive ketones (excluding diaryl/α,β-unsaturated/α-hetero) is 2. The predicted octanol–water partition coefficient (Wildman–Crippen LogP) is 3.17. The number of rotatable bonds is 5. The molecular weight excluding hydrogens is 396 g/mol. The van der Waals surface area contributed by atoms with E-state index in [1.54, 1.807) is 36.4 Å². The number of nitrogens with one attached hydrogen (secondary N) is 1. The Kier molecular flexibility index (Phi) is 5.84. The zero-order chi connectivity index (χ0) is 22.0. The number of amides is 2. The van der Waals surface area contributed by atoms with Crippen LogP contribution in [0, 0.1) is 5.92 Å². The van der Waals surface area contributed by atoms with E-state index in [2.05, 4.69) is 5.32 Å². The summed E-state index contributed by atoms with van der Waals surface area (Å²) in [6.45, 7) is 1.99. The van der Waals surface area contributed by atoms with Crippen LogP contribution in [0.15, 0.2) is 48.5 Å². The van der Waals surface area contributed by atoms with E-state index in [9.17, 15) is 19.2 Å². The molecule has 1 saturated heterocycles. The zero-order valence-electron chi connectivity index (χ0n) is 17.3. The molecule has 0 radical (unpaired) electrons. The van der Waals surface area contributed by atoms with Crippen LogP contribution >= 0.6 is 0 Å². The molecule has 1 heterocycles. The number of carbonyl (C=O) groups excluding carboxylic acids is 4. The van der Waals surface area contributed by atoms with E-state index in [1.807, 2.05) is 12.1 Å². The highest BCUT2D eigenvalue weighted by Crippen LogP contribution is 2.31. The summed E-state index contributed by atoms with van der Waals surface area (Å²) in [5, 5.41) is 2.65. The van der Waals surface area contributed by atoms with Gasteiger partial charge in [0, 0.05) is 23.7 Å². The highest BCUT2D eigenvalue weighted by Gasteiger charge is 2.35. The number of ketones is 2. The van der Waals surface area contributed by atoms with Gasteiger partial charge in [0.25, 0.3) is 0 Å². The summed E-state index contributed by atoms with van der Waals surface area (Å²) in [6.07, 6.45) is 0.963. The van der Waals surface area contributed by atoms with Gasteiger partial charge in [-0.15, -0.1) is 0 Å². The Morgan fingerprint density at radius 3 is 2.65 bits per heavy atom. The van der Waals surface area contributed by atoms with Crippen molar-refractivity contribution < 1.29 is 23.9 Å². The molecule has 7 heteroatoms. The van der Waals surface area contributed by atoms with Gasteiger partial charge in [0.05, 0.1) is 19.0 Å². The van der Waals surface area contributed by atoms with E-state index in [0.29, 0.717) is 42.6 Å². The molecule has 2 aromatic carbocycles. The lowest BCUT2D eigenvalue weighted by molar-refractivity contribution is -0.119. The van der Waals surface area contributed by atoms with Crippen LogP contribution in [-0.2, 0) is 16.0 Å². The van der Waals surface area contributed by atoms with Gasteiger partial charge in [0.15, 0.2) is 11.6 Å². The van der Waals surface area contributed by atoms with E-state index in [4.69, 9.17) is 4.74 Å². The maximum atomic E-state index is 13.2. The second kappa shape index (κ2) is 8.71. The Balaban J connectivity index is 1.54. The number of fused-ring (bicyclic) bond motifs is 1. The molecule has 4 rings (SSSR count). The number of cyclic esters (lactones) is 1. The van der Waals surface area contributed by atoms with E-state index < -0.39 is 18.1 Å². The Hall–Kier alpha value is -3.48. The second-order valence-corrected chi connectivity index (χ2v) is 7.93. The van der Waals surface area contributed by atoms with Gasteiger partial charge < -0.3 is 10.1 Å². The number of nitrogens with zero attached hydrogens (tertiary/aromatic N) is 1. The SMILES string of the molecule is CC(=O)NC[C@H]1CN(c2ccc3c(c2)CCC[C@H](C(=O)c2ccccc2)C3=O)C(=O)O1. The van der Waals surface area contributed by atoms with Gasteiger partial charge in [-0.1, -0.05) is 30.3 Å². The van der Waals surface area contributed by atoms with Crippen LogP contribution in [0.1, 0.15) is 46.0 Å². The summed E-state index contributed by atoms with van der Waals surface area (Å²) < 4.78 is 5.33. The maximum absolute atomic E-state index is 13.2. The van der Waals surface area contributed by atoms with Crippen molar-refractivity contribution in [1.82, 2.24) is 5.32 Å². The average Bonchev–Trinajstić information content (AvgIpc) is 3.07. The first-order chi connectivity index (χ1) is 14.9. The molecule has 1 aliphatic heterocycles. The van der Waals surface area contributed by atoms with Crippen molar-refractivity contribution in [2.75, 3.05) is 18.0 Å². The van der Waals surface area contributed by atoms with Crippen molar-refractivity contribution in [3.05, 3.63) is 65.2 Å². The smallest absolute Gasteiger partial charge is 0.414 e. The predicted molar refractivity (Wildman–Crippen MR) is 114 cm³/mol. The Bertz CT molecular complexity index is 1030. The molecular formula is C24H24N2O5. The van der Waals surface area contributed by atoms with Gasteiger partial charge in [-0.05, 0) is 43.0 Å². The molecule has 0 spiro atoms. The second-order valence-electron chi connectivity index (χ2n) is 7.93. The van der Waals surface area contributed by atoms with E-state index in [0.717, 1.165) is 5.56 Å². The van der Waals surface area contributed by atoms with Crippen LogP contribution in [0.5, 0.6) is 0 Å². The zero-order valence-corrected chi connectivity index (χ0v) is 17.3. The summed E-state index contributed by atoms with van der Waals surface area (Å²) in [6, 6.07) is 14.2. The van der Waals surface area contributed by atoms with Crippen molar-refractivity contribution >= 4 is 29.3 Å². The van der Waals surface area contributed by atoms with Crippen molar-refractivity contribution in [3.63, 3.8) is 0 Å². The topological polar surface area (TPSA) is 92.8 Å². The molecule has 2 amide bonds. The largest absolute Gasteiger partial charge is 0.442 e. The molecule has 0 unspecified atom stereocenters. The fourth-order valence-electron chi connectivity index (χ4n) is 4.16.